The molecule has 16 heavy (non-hydrogen) atoms. The third kappa shape index (κ3) is 5.11. The summed E-state index contributed by atoms with van der Waals surface area (Å²) in [5.41, 5.74) is 0. The van der Waals surface area contributed by atoms with Gasteiger partial charge in [-0.15, -0.1) is 0 Å². The second-order valence-corrected chi connectivity index (χ2v) is 5.81. The van der Waals surface area contributed by atoms with E-state index >= 15 is 0 Å². The van der Waals surface area contributed by atoms with Crippen molar-refractivity contribution in [1.29, 1.82) is 0 Å². The molecule has 6 nitrogen and oxygen atoms in total. The van der Waals surface area contributed by atoms with Gasteiger partial charge in [0.25, 0.3) is 0 Å². The van der Waals surface area contributed by atoms with E-state index in [1.54, 1.807) is 6.92 Å². The molecule has 0 aliphatic heterocycles. The van der Waals surface area contributed by atoms with Gasteiger partial charge in [-0.05, 0) is 6.92 Å². The summed E-state index contributed by atoms with van der Waals surface area (Å²) in [7, 11) is -2.15. The SMILES string of the molecule is CCN(C)C(=O)CS(=O)(=O)CC(C)C(=O)O. The monoisotopic (exact) mass is 251 g/mol. The molecule has 1 N–H and O–H groups in total. The number of hydrogen-bond donors (Lipinski definition) is 1. The summed E-state index contributed by atoms with van der Waals surface area (Å²) < 4.78 is 22.9. The molecule has 1 unspecified atom stereocenters. The van der Waals surface area contributed by atoms with Crippen LogP contribution in [0.5, 0.6) is 0 Å². The Morgan fingerprint density at radius 1 is 1.38 bits per heavy atom. The van der Waals surface area contributed by atoms with E-state index in [0.29, 0.717) is 6.54 Å². The molecule has 94 valence electrons. The molecule has 0 radical (unpaired) electrons. The Labute approximate surface area is 95.2 Å². The average molecular weight is 251 g/mol. The number of carboxylic acids is 1. The Hall–Kier alpha value is -1.11. The number of carbonyl (C=O) groups excluding carboxylic acids is 1. The van der Waals surface area contributed by atoms with Crippen molar-refractivity contribution in [3.05, 3.63) is 0 Å². The predicted octanol–water partition coefficient (Wildman–Crippen LogP) is -0.400. The van der Waals surface area contributed by atoms with E-state index in [4.69, 9.17) is 5.11 Å². The third-order valence-corrected chi connectivity index (χ3v) is 3.86. The maximum atomic E-state index is 11.5. The summed E-state index contributed by atoms with van der Waals surface area (Å²) in [6, 6.07) is 0. The van der Waals surface area contributed by atoms with E-state index in [9.17, 15) is 18.0 Å². The lowest BCUT2D eigenvalue weighted by molar-refractivity contribution is -0.140. The van der Waals surface area contributed by atoms with Crippen molar-refractivity contribution >= 4 is 21.7 Å². The standard InChI is InChI=1S/C9H17NO5S/c1-4-10(3)8(11)6-16(14,15)5-7(2)9(12)13/h7H,4-6H2,1-3H3,(H,12,13). The van der Waals surface area contributed by atoms with Crippen LogP contribution in [0.1, 0.15) is 13.8 Å². The fourth-order valence-electron chi connectivity index (χ4n) is 0.986. The summed E-state index contributed by atoms with van der Waals surface area (Å²) in [4.78, 5) is 23.1. The topological polar surface area (TPSA) is 91.8 Å². The van der Waals surface area contributed by atoms with Crippen LogP contribution in [0.15, 0.2) is 0 Å². The van der Waals surface area contributed by atoms with Crippen molar-refractivity contribution < 1.29 is 23.1 Å². The van der Waals surface area contributed by atoms with Gasteiger partial charge in [0.15, 0.2) is 9.84 Å². The number of rotatable bonds is 6. The maximum absolute atomic E-state index is 11.5. The summed E-state index contributed by atoms with van der Waals surface area (Å²) >= 11 is 0. The third-order valence-electron chi connectivity index (χ3n) is 2.17. The van der Waals surface area contributed by atoms with E-state index in [0.717, 1.165) is 0 Å². The zero-order valence-electron chi connectivity index (χ0n) is 9.63. The highest BCUT2D eigenvalue weighted by Gasteiger charge is 2.24. The van der Waals surface area contributed by atoms with Crippen LogP contribution in [0.25, 0.3) is 0 Å². The fraction of sp³-hybridized carbons (Fsp3) is 0.778. The Morgan fingerprint density at radius 2 is 1.88 bits per heavy atom. The molecule has 0 rings (SSSR count). The first-order valence-electron chi connectivity index (χ1n) is 4.86. The van der Waals surface area contributed by atoms with Crippen molar-refractivity contribution in [2.45, 2.75) is 13.8 Å². The van der Waals surface area contributed by atoms with Crippen LogP contribution in [-0.2, 0) is 19.4 Å². The Morgan fingerprint density at radius 3 is 2.25 bits per heavy atom. The molecule has 1 amide bonds. The van der Waals surface area contributed by atoms with Gasteiger partial charge in [0.05, 0.1) is 11.7 Å². The molecule has 0 spiro atoms. The van der Waals surface area contributed by atoms with E-state index < -0.39 is 39.1 Å². The summed E-state index contributed by atoms with van der Waals surface area (Å²) in [5, 5.41) is 8.58. The smallest absolute Gasteiger partial charge is 0.307 e. The van der Waals surface area contributed by atoms with Crippen LogP contribution >= 0.6 is 0 Å². The lowest BCUT2D eigenvalue weighted by Gasteiger charge is -2.14. The number of amides is 1. The van der Waals surface area contributed by atoms with Gasteiger partial charge in [-0.3, -0.25) is 9.59 Å². The van der Waals surface area contributed by atoms with Crippen molar-refractivity contribution in [3.63, 3.8) is 0 Å². The molecule has 0 bridgehead atoms. The first kappa shape index (κ1) is 14.9. The van der Waals surface area contributed by atoms with Gasteiger partial charge >= 0.3 is 5.97 Å². The second kappa shape index (κ2) is 5.83. The quantitative estimate of drug-likeness (QED) is 0.693. The highest BCUT2D eigenvalue weighted by atomic mass is 32.2. The van der Waals surface area contributed by atoms with Crippen molar-refractivity contribution in [3.8, 4) is 0 Å². The van der Waals surface area contributed by atoms with Crippen LogP contribution in [0.3, 0.4) is 0 Å². The zero-order valence-corrected chi connectivity index (χ0v) is 10.5. The van der Waals surface area contributed by atoms with Crippen LogP contribution in [0.4, 0.5) is 0 Å². The molecule has 0 aliphatic rings. The van der Waals surface area contributed by atoms with Crippen molar-refractivity contribution in [2.24, 2.45) is 5.92 Å². The Balaban J connectivity index is 4.48. The van der Waals surface area contributed by atoms with Crippen LogP contribution in [-0.4, -0.2) is 55.4 Å². The maximum Gasteiger partial charge on any atom is 0.307 e. The lowest BCUT2D eigenvalue weighted by atomic mass is 10.2. The van der Waals surface area contributed by atoms with Gasteiger partial charge in [-0.1, -0.05) is 6.92 Å². The van der Waals surface area contributed by atoms with E-state index in [-0.39, 0.29) is 0 Å². The fourth-order valence-corrected chi connectivity index (χ4v) is 2.60. The van der Waals surface area contributed by atoms with Gasteiger partial charge in [-0.2, -0.15) is 0 Å². The molecular formula is C9H17NO5S. The molecule has 0 heterocycles. The first-order valence-corrected chi connectivity index (χ1v) is 6.69. The molecular weight excluding hydrogens is 234 g/mol. The molecule has 7 heteroatoms. The van der Waals surface area contributed by atoms with E-state index in [2.05, 4.69) is 0 Å². The largest absolute Gasteiger partial charge is 0.481 e. The number of carbonyl (C=O) groups is 2. The molecule has 0 saturated carbocycles. The highest BCUT2D eigenvalue weighted by Crippen LogP contribution is 2.03. The first-order chi connectivity index (χ1) is 7.19. The summed E-state index contributed by atoms with van der Waals surface area (Å²) in [5.74, 6) is -3.83. The minimum atomic E-state index is -3.65. The van der Waals surface area contributed by atoms with E-state index in [1.165, 1.54) is 18.9 Å². The van der Waals surface area contributed by atoms with Gasteiger partial charge in [0.2, 0.25) is 5.91 Å². The summed E-state index contributed by atoms with van der Waals surface area (Å²) in [6.07, 6.45) is 0. The minimum absolute atomic E-state index is 0.419. The molecule has 0 aromatic carbocycles. The van der Waals surface area contributed by atoms with Crippen LogP contribution in [0, 0.1) is 5.92 Å². The van der Waals surface area contributed by atoms with Gasteiger partial charge in [0.1, 0.15) is 5.75 Å². The second-order valence-electron chi connectivity index (χ2n) is 3.70. The number of carboxylic acid groups (broad SMARTS) is 1. The molecule has 0 aliphatic carbocycles. The van der Waals surface area contributed by atoms with Crippen molar-refractivity contribution in [2.75, 3.05) is 25.1 Å². The normalized spacial score (nSPS) is 13.2. The number of hydrogen-bond acceptors (Lipinski definition) is 4. The van der Waals surface area contributed by atoms with Crippen molar-refractivity contribution in [1.82, 2.24) is 4.90 Å². The van der Waals surface area contributed by atoms with Gasteiger partial charge in [-0.25, -0.2) is 8.42 Å². The van der Waals surface area contributed by atoms with Crippen LogP contribution in [0.2, 0.25) is 0 Å². The molecule has 0 aromatic rings. The zero-order chi connectivity index (χ0) is 12.9. The lowest BCUT2D eigenvalue weighted by Crippen LogP contribution is -2.34. The molecule has 0 aromatic heterocycles. The minimum Gasteiger partial charge on any atom is -0.481 e. The van der Waals surface area contributed by atoms with Gasteiger partial charge < -0.3 is 10.0 Å². The number of sulfone groups is 1. The Bertz CT molecular complexity index is 362. The molecule has 1 atom stereocenters. The Kier molecular flexibility index (Phi) is 5.43. The number of aliphatic carboxylic acids is 1. The summed E-state index contributed by atoms with van der Waals surface area (Å²) in [6.45, 7) is 3.45. The predicted molar refractivity (Wildman–Crippen MR) is 58.8 cm³/mol. The van der Waals surface area contributed by atoms with E-state index in [1.807, 2.05) is 0 Å². The van der Waals surface area contributed by atoms with Crippen LogP contribution < -0.4 is 0 Å². The molecule has 0 saturated heterocycles. The molecule has 0 fully saturated rings. The number of nitrogens with zero attached hydrogens (tertiary/aromatic N) is 1. The average Bonchev–Trinajstić information content (AvgIpc) is 2.14. The highest BCUT2D eigenvalue weighted by molar-refractivity contribution is 7.92. The van der Waals surface area contributed by atoms with Gasteiger partial charge in [0, 0.05) is 13.6 Å².